The van der Waals surface area contributed by atoms with Crippen molar-refractivity contribution in [3.63, 3.8) is 0 Å². The summed E-state index contributed by atoms with van der Waals surface area (Å²) < 4.78 is 26.1. The number of benzene rings is 3. The van der Waals surface area contributed by atoms with Crippen LogP contribution in [-0.2, 0) is 9.84 Å². The number of hydrogen-bond donors (Lipinski definition) is 6. The summed E-state index contributed by atoms with van der Waals surface area (Å²) in [5.41, 5.74) is 12.4. The summed E-state index contributed by atoms with van der Waals surface area (Å²) in [6.45, 7) is 5.06. The van der Waals surface area contributed by atoms with Gasteiger partial charge in [0, 0.05) is 22.5 Å². The number of amides is 2. The fourth-order valence-corrected chi connectivity index (χ4v) is 4.45. The van der Waals surface area contributed by atoms with Crippen LogP contribution in [0.4, 0.5) is 11.4 Å². The lowest BCUT2D eigenvalue weighted by Crippen LogP contribution is -2.24. The molecule has 0 aliphatic heterocycles. The van der Waals surface area contributed by atoms with Crippen LogP contribution < -0.4 is 22.1 Å². The van der Waals surface area contributed by atoms with E-state index in [1.807, 2.05) is 0 Å². The normalized spacial score (nSPS) is 12.0. The molecule has 0 heterocycles. The van der Waals surface area contributed by atoms with Gasteiger partial charge in [-0.05, 0) is 79.7 Å². The SMILES string of the molecule is C=C(O)/C(=C\C(N)=C\C)NC(=O)c1ccc(S(=O)(=O)c2ccc(C(=O)Nc3cc(N)ccc3O)cc2)cc1. The highest BCUT2D eigenvalue weighted by Crippen LogP contribution is 2.26. The molecule has 0 spiro atoms. The first-order valence-electron chi connectivity index (χ1n) is 11.1. The smallest absolute Gasteiger partial charge is 0.255 e. The van der Waals surface area contributed by atoms with Crippen molar-refractivity contribution in [2.24, 2.45) is 5.73 Å². The van der Waals surface area contributed by atoms with Crippen LogP contribution in [0.5, 0.6) is 5.75 Å². The monoisotopic (exact) mass is 534 g/mol. The van der Waals surface area contributed by atoms with Crippen LogP contribution >= 0.6 is 0 Å². The third kappa shape index (κ3) is 6.39. The summed E-state index contributed by atoms with van der Waals surface area (Å²) in [5.74, 6) is -1.75. The molecule has 0 saturated heterocycles. The number of carbonyl (C=O) groups excluding carboxylic acids is 2. The second kappa shape index (κ2) is 11.4. The molecular weight excluding hydrogens is 508 g/mol. The van der Waals surface area contributed by atoms with E-state index >= 15 is 0 Å². The third-order valence-corrected chi connectivity index (χ3v) is 7.11. The number of carbonyl (C=O) groups is 2. The first kappa shape index (κ1) is 27.6. The van der Waals surface area contributed by atoms with Crippen molar-refractivity contribution in [3.8, 4) is 5.75 Å². The van der Waals surface area contributed by atoms with E-state index in [0.29, 0.717) is 11.4 Å². The van der Waals surface area contributed by atoms with Gasteiger partial charge in [0.1, 0.15) is 11.5 Å². The van der Waals surface area contributed by atoms with Crippen LogP contribution in [0.25, 0.3) is 0 Å². The van der Waals surface area contributed by atoms with Gasteiger partial charge < -0.3 is 32.3 Å². The van der Waals surface area contributed by atoms with Crippen LogP contribution in [0.3, 0.4) is 0 Å². The van der Waals surface area contributed by atoms with E-state index in [9.17, 15) is 28.2 Å². The molecule has 2 amide bonds. The van der Waals surface area contributed by atoms with Crippen molar-refractivity contribution in [1.29, 1.82) is 0 Å². The number of aromatic hydroxyl groups is 1. The highest BCUT2D eigenvalue weighted by Gasteiger charge is 2.20. The summed E-state index contributed by atoms with van der Waals surface area (Å²) in [7, 11) is -3.96. The Kier molecular flexibility index (Phi) is 8.23. The van der Waals surface area contributed by atoms with Gasteiger partial charge in [-0.2, -0.15) is 0 Å². The number of nitrogens with one attached hydrogen (secondary N) is 2. The van der Waals surface area contributed by atoms with Gasteiger partial charge in [0.2, 0.25) is 9.84 Å². The fourth-order valence-electron chi connectivity index (χ4n) is 3.19. The molecule has 0 radical (unpaired) electrons. The van der Waals surface area contributed by atoms with E-state index in [2.05, 4.69) is 17.2 Å². The van der Waals surface area contributed by atoms with Crippen molar-refractivity contribution in [2.75, 3.05) is 11.1 Å². The minimum absolute atomic E-state index is 0.00244. The number of aliphatic hydroxyl groups excluding tert-OH is 1. The highest BCUT2D eigenvalue weighted by atomic mass is 32.2. The molecule has 3 rings (SSSR count). The van der Waals surface area contributed by atoms with E-state index in [0.717, 1.165) is 0 Å². The molecule has 0 fully saturated rings. The molecule has 11 heteroatoms. The maximum atomic E-state index is 13.1. The van der Waals surface area contributed by atoms with Crippen LogP contribution in [-0.4, -0.2) is 30.4 Å². The van der Waals surface area contributed by atoms with Gasteiger partial charge in [-0.15, -0.1) is 0 Å². The third-order valence-electron chi connectivity index (χ3n) is 5.33. The molecule has 0 aliphatic carbocycles. The van der Waals surface area contributed by atoms with Gasteiger partial charge in [0.25, 0.3) is 11.8 Å². The Morgan fingerprint density at radius 3 is 1.95 bits per heavy atom. The lowest BCUT2D eigenvalue weighted by molar-refractivity contribution is 0.0963. The molecule has 0 saturated carbocycles. The number of hydrogen-bond acceptors (Lipinski definition) is 8. The Morgan fingerprint density at radius 2 is 1.45 bits per heavy atom. The minimum atomic E-state index is -3.96. The number of nitrogens with two attached hydrogens (primary N) is 2. The Labute approximate surface area is 219 Å². The topological polar surface area (TPSA) is 185 Å². The number of rotatable bonds is 8. The summed E-state index contributed by atoms with van der Waals surface area (Å²) in [6.07, 6.45) is 2.90. The predicted molar refractivity (Wildman–Crippen MR) is 144 cm³/mol. The van der Waals surface area contributed by atoms with Gasteiger partial charge in [0.15, 0.2) is 0 Å². The number of phenolic OH excluding ortho intramolecular Hbond substituents is 1. The fraction of sp³-hybridized carbons (Fsp3) is 0.0370. The molecule has 196 valence electrons. The van der Waals surface area contributed by atoms with E-state index in [4.69, 9.17) is 11.5 Å². The molecule has 8 N–H and O–H groups in total. The Bertz CT molecular complexity index is 1560. The number of nitrogen functional groups attached to an aromatic ring is 1. The van der Waals surface area contributed by atoms with Gasteiger partial charge in [-0.3, -0.25) is 9.59 Å². The number of allylic oxidation sites excluding steroid dienone is 2. The second-order valence-electron chi connectivity index (χ2n) is 8.03. The Balaban J connectivity index is 1.76. The van der Waals surface area contributed by atoms with E-state index in [-0.39, 0.29) is 38.1 Å². The first-order chi connectivity index (χ1) is 17.9. The average Bonchev–Trinajstić information content (AvgIpc) is 2.90. The molecular formula is C27H26N4O6S. The van der Waals surface area contributed by atoms with E-state index in [1.165, 1.54) is 72.8 Å². The van der Waals surface area contributed by atoms with Crippen LogP contribution in [0.15, 0.2) is 112 Å². The standard InChI is InChI=1S/C27H26N4O6S/c1-3-19(28)14-23(16(2)32)30-26(34)17-4-9-21(10-5-17)38(36,37)22-11-6-18(7-12-22)27(35)31-24-15-20(29)8-13-25(24)33/h3-15,32-33H,2,28-29H2,1H3,(H,30,34)(H,31,35)/b19-3-,23-14+. The van der Waals surface area contributed by atoms with Crippen molar-refractivity contribution in [2.45, 2.75) is 16.7 Å². The van der Waals surface area contributed by atoms with Gasteiger partial charge in [-0.1, -0.05) is 12.7 Å². The van der Waals surface area contributed by atoms with Crippen molar-refractivity contribution in [1.82, 2.24) is 5.32 Å². The average molecular weight is 535 g/mol. The molecule has 0 atom stereocenters. The first-order valence-corrected chi connectivity index (χ1v) is 12.6. The predicted octanol–water partition coefficient (Wildman–Crippen LogP) is 3.61. The molecule has 38 heavy (non-hydrogen) atoms. The maximum absolute atomic E-state index is 13.1. The quantitative estimate of drug-likeness (QED) is 0.0832. The van der Waals surface area contributed by atoms with E-state index < -0.39 is 27.4 Å². The maximum Gasteiger partial charge on any atom is 0.255 e. The van der Waals surface area contributed by atoms with Crippen LogP contribution in [0.1, 0.15) is 27.6 Å². The van der Waals surface area contributed by atoms with Crippen LogP contribution in [0, 0.1) is 0 Å². The van der Waals surface area contributed by atoms with Crippen molar-refractivity contribution < 1.29 is 28.2 Å². The van der Waals surface area contributed by atoms with E-state index in [1.54, 1.807) is 13.0 Å². The zero-order chi connectivity index (χ0) is 28.0. The molecule has 0 unspecified atom stereocenters. The zero-order valence-electron chi connectivity index (χ0n) is 20.3. The van der Waals surface area contributed by atoms with Gasteiger partial charge >= 0.3 is 0 Å². The van der Waals surface area contributed by atoms with Crippen molar-refractivity contribution >= 4 is 33.0 Å². The Hall–Kier alpha value is -5.03. The van der Waals surface area contributed by atoms with Crippen LogP contribution in [0.2, 0.25) is 0 Å². The number of phenols is 1. The summed E-state index contributed by atoms with van der Waals surface area (Å²) in [5, 5.41) is 24.6. The molecule has 10 nitrogen and oxygen atoms in total. The number of sulfone groups is 1. The molecule has 0 aliphatic rings. The molecule has 0 aromatic heterocycles. The second-order valence-corrected chi connectivity index (χ2v) is 9.98. The number of aliphatic hydroxyl groups is 1. The zero-order valence-corrected chi connectivity index (χ0v) is 21.1. The number of anilines is 2. The molecule has 0 bridgehead atoms. The summed E-state index contributed by atoms with van der Waals surface area (Å²) >= 11 is 0. The largest absolute Gasteiger partial charge is 0.506 e. The minimum Gasteiger partial charge on any atom is -0.506 e. The van der Waals surface area contributed by atoms with Gasteiger partial charge in [-0.25, -0.2) is 8.42 Å². The summed E-state index contributed by atoms with van der Waals surface area (Å²) in [6, 6.07) is 14.6. The molecule has 3 aromatic rings. The van der Waals surface area contributed by atoms with Gasteiger partial charge in [0.05, 0.1) is 21.2 Å². The van der Waals surface area contributed by atoms with Crippen molar-refractivity contribution in [3.05, 3.63) is 114 Å². The lowest BCUT2D eigenvalue weighted by Gasteiger charge is -2.10. The highest BCUT2D eigenvalue weighted by molar-refractivity contribution is 7.91. The lowest BCUT2D eigenvalue weighted by atomic mass is 10.2. The Morgan fingerprint density at radius 1 is 0.921 bits per heavy atom. The summed E-state index contributed by atoms with van der Waals surface area (Å²) in [4.78, 5) is 24.9. The molecule has 3 aromatic carbocycles.